The highest BCUT2D eigenvalue weighted by atomic mass is 16.1. The lowest BCUT2D eigenvalue weighted by atomic mass is 10.1. The molecule has 116 valence electrons. The van der Waals surface area contributed by atoms with Gasteiger partial charge in [-0.3, -0.25) is 9.78 Å². The molecule has 0 aliphatic heterocycles. The van der Waals surface area contributed by atoms with E-state index in [-0.39, 0.29) is 11.9 Å². The molecule has 1 atom stereocenters. The van der Waals surface area contributed by atoms with Crippen LogP contribution in [0.25, 0.3) is 0 Å². The van der Waals surface area contributed by atoms with Crippen molar-refractivity contribution in [2.75, 3.05) is 11.9 Å². The summed E-state index contributed by atoms with van der Waals surface area (Å²) in [5, 5.41) is 6.28. The molecule has 0 radical (unpaired) electrons. The van der Waals surface area contributed by atoms with E-state index >= 15 is 0 Å². The first-order valence-electron chi connectivity index (χ1n) is 7.61. The molecule has 0 saturated carbocycles. The van der Waals surface area contributed by atoms with Gasteiger partial charge in [0.25, 0.3) is 5.91 Å². The van der Waals surface area contributed by atoms with Gasteiger partial charge in [0.15, 0.2) is 0 Å². The van der Waals surface area contributed by atoms with Crippen LogP contribution in [-0.4, -0.2) is 17.4 Å². The molecule has 1 unspecified atom stereocenters. The third kappa shape index (κ3) is 4.58. The Hall–Kier alpha value is -2.36. The number of rotatable bonds is 6. The van der Waals surface area contributed by atoms with Crippen LogP contribution in [0.15, 0.2) is 48.8 Å². The molecule has 22 heavy (non-hydrogen) atoms. The number of anilines is 1. The van der Waals surface area contributed by atoms with Gasteiger partial charge in [-0.2, -0.15) is 0 Å². The Kier molecular flexibility index (Phi) is 5.53. The summed E-state index contributed by atoms with van der Waals surface area (Å²) in [4.78, 5) is 16.5. The molecule has 4 heteroatoms. The van der Waals surface area contributed by atoms with Crippen LogP contribution in [0, 0.1) is 5.92 Å². The van der Waals surface area contributed by atoms with Gasteiger partial charge >= 0.3 is 0 Å². The van der Waals surface area contributed by atoms with Crippen molar-refractivity contribution in [1.29, 1.82) is 0 Å². The zero-order chi connectivity index (χ0) is 15.9. The number of hydrogen-bond donors (Lipinski definition) is 2. The molecule has 0 bridgehead atoms. The maximum Gasteiger partial charge on any atom is 0.253 e. The summed E-state index contributed by atoms with van der Waals surface area (Å²) in [6.07, 6.45) is 3.33. The molecule has 2 rings (SSSR count). The molecule has 0 saturated heterocycles. The lowest BCUT2D eigenvalue weighted by Gasteiger charge is -2.15. The van der Waals surface area contributed by atoms with Gasteiger partial charge in [0.05, 0.1) is 17.3 Å². The third-order valence-electron chi connectivity index (χ3n) is 3.36. The van der Waals surface area contributed by atoms with Crippen LogP contribution in [0.1, 0.15) is 42.7 Å². The van der Waals surface area contributed by atoms with Gasteiger partial charge in [-0.25, -0.2) is 0 Å². The van der Waals surface area contributed by atoms with Crippen LogP contribution in [0.5, 0.6) is 0 Å². The average Bonchev–Trinajstić information content (AvgIpc) is 2.54. The standard InChI is InChI=1S/C18H23N3O/c1-13(2)10-20-17-9-16(11-19-12-17)18(22)21-14(3)15-7-5-4-6-8-15/h4-9,11-14,20H,10H2,1-3H3,(H,21,22). The Morgan fingerprint density at radius 3 is 2.55 bits per heavy atom. The number of hydrogen-bond acceptors (Lipinski definition) is 3. The van der Waals surface area contributed by atoms with E-state index < -0.39 is 0 Å². The number of carbonyl (C=O) groups is 1. The summed E-state index contributed by atoms with van der Waals surface area (Å²) in [6.45, 7) is 7.10. The molecule has 1 amide bonds. The number of carbonyl (C=O) groups excluding carboxylic acids is 1. The number of amides is 1. The molecule has 2 aromatic rings. The highest BCUT2D eigenvalue weighted by Crippen LogP contribution is 2.14. The predicted molar refractivity (Wildman–Crippen MR) is 89.9 cm³/mol. The van der Waals surface area contributed by atoms with Crippen LogP contribution in [-0.2, 0) is 0 Å². The Bertz CT molecular complexity index is 611. The fourth-order valence-electron chi connectivity index (χ4n) is 2.09. The minimum absolute atomic E-state index is 0.0408. The van der Waals surface area contributed by atoms with Crippen molar-refractivity contribution in [3.63, 3.8) is 0 Å². The average molecular weight is 297 g/mol. The SMILES string of the molecule is CC(C)CNc1cncc(C(=O)NC(C)c2ccccc2)c1. The van der Waals surface area contributed by atoms with Crippen LogP contribution in [0.2, 0.25) is 0 Å². The van der Waals surface area contributed by atoms with Gasteiger partial charge in [-0.15, -0.1) is 0 Å². The first-order valence-corrected chi connectivity index (χ1v) is 7.61. The fourth-order valence-corrected chi connectivity index (χ4v) is 2.09. The van der Waals surface area contributed by atoms with Crippen LogP contribution in [0.4, 0.5) is 5.69 Å². The second kappa shape index (κ2) is 7.59. The van der Waals surface area contributed by atoms with Crippen molar-refractivity contribution < 1.29 is 4.79 Å². The minimum Gasteiger partial charge on any atom is -0.384 e. The highest BCUT2D eigenvalue weighted by Gasteiger charge is 2.12. The molecule has 0 fully saturated rings. The largest absolute Gasteiger partial charge is 0.384 e. The molecule has 4 nitrogen and oxygen atoms in total. The van der Waals surface area contributed by atoms with Crippen LogP contribution in [0.3, 0.4) is 0 Å². The first kappa shape index (κ1) is 16.0. The molecule has 2 N–H and O–H groups in total. The molecule has 0 aliphatic rings. The zero-order valence-corrected chi connectivity index (χ0v) is 13.3. The number of benzene rings is 1. The van der Waals surface area contributed by atoms with E-state index in [0.717, 1.165) is 17.8 Å². The van der Waals surface area contributed by atoms with Crippen molar-refractivity contribution in [2.45, 2.75) is 26.8 Å². The van der Waals surface area contributed by atoms with Gasteiger partial charge in [-0.1, -0.05) is 44.2 Å². The van der Waals surface area contributed by atoms with E-state index in [0.29, 0.717) is 11.5 Å². The van der Waals surface area contributed by atoms with E-state index in [9.17, 15) is 4.79 Å². The molecule has 0 aliphatic carbocycles. The summed E-state index contributed by atoms with van der Waals surface area (Å²) < 4.78 is 0. The second-order valence-corrected chi connectivity index (χ2v) is 5.84. The number of aromatic nitrogens is 1. The minimum atomic E-state index is -0.114. The predicted octanol–water partition coefficient (Wildman–Crippen LogP) is 3.64. The molecule has 1 aromatic heterocycles. The first-order chi connectivity index (χ1) is 10.6. The Labute approximate surface area is 132 Å². The maximum atomic E-state index is 12.3. The lowest BCUT2D eigenvalue weighted by Crippen LogP contribution is -2.26. The summed E-state index contributed by atoms with van der Waals surface area (Å²) in [5.74, 6) is 0.424. The van der Waals surface area contributed by atoms with Crippen molar-refractivity contribution in [1.82, 2.24) is 10.3 Å². The van der Waals surface area contributed by atoms with Gasteiger partial charge in [0.2, 0.25) is 0 Å². The highest BCUT2D eigenvalue weighted by molar-refractivity contribution is 5.94. The van der Waals surface area contributed by atoms with Crippen molar-refractivity contribution in [3.05, 3.63) is 59.9 Å². The van der Waals surface area contributed by atoms with Crippen molar-refractivity contribution in [2.24, 2.45) is 5.92 Å². The topological polar surface area (TPSA) is 54.0 Å². The summed E-state index contributed by atoms with van der Waals surface area (Å²) >= 11 is 0. The van der Waals surface area contributed by atoms with E-state index in [1.807, 2.05) is 43.3 Å². The van der Waals surface area contributed by atoms with Gasteiger partial charge < -0.3 is 10.6 Å². The van der Waals surface area contributed by atoms with Gasteiger partial charge in [0, 0.05) is 18.9 Å². The quantitative estimate of drug-likeness (QED) is 0.856. The zero-order valence-electron chi connectivity index (χ0n) is 13.3. The van der Waals surface area contributed by atoms with Gasteiger partial charge in [-0.05, 0) is 24.5 Å². The Morgan fingerprint density at radius 1 is 1.14 bits per heavy atom. The van der Waals surface area contributed by atoms with Crippen molar-refractivity contribution in [3.8, 4) is 0 Å². The van der Waals surface area contributed by atoms with Gasteiger partial charge in [0.1, 0.15) is 0 Å². The summed E-state index contributed by atoms with van der Waals surface area (Å²) in [7, 11) is 0. The molecule has 1 aromatic carbocycles. The third-order valence-corrected chi connectivity index (χ3v) is 3.36. The molecule has 0 spiro atoms. The molecule has 1 heterocycles. The Morgan fingerprint density at radius 2 is 1.86 bits per heavy atom. The monoisotopic (exact) mass is 297 g/mol. The number of nitrogens with one attached hydrogen (secondary N) is 2. The summed E-state index contributed by atoms with van der Waals surface area (Å²) in [5.41, 5.74) is 2.52. The second-order valence-electron chi connectivity index (χ2n) is 5.84. The fraction of sp³-hybridized carbons (Fsp3) is 0.333. The normalized spacial score (nSPS) is 12.0. The van der Waals surface area contributed by atoms with E-state index in [1.54, 1.807) is 12.4 Å². The summed E-state index contributed by atoms with van der Waals surface area (Å²) in [6, 6.07) is 11.7. The van der Waals surface area contributed by atoms with E-state index in [1.165, 1.54) is 0 Å². The number of nitrogens with zero attached hydrogens (tertiary/aromatic N) is 1. The molecular weight excluding hydrogens is 274 g/mol. The Balaban J connectivity index is 2.02. The van der Waals surface area contributed by atoms with Crippen LogP contribution >= 0.6 is 0 Å². The lowest BCUT2D eigenvalue weighted by molar-refractivity contribution is 0.0939. The van der Waals surface area contributed by atoms with Crippen molar-refractivity contribution >= 4 is 11.6 Å². The molecular formula is C18H23N3O. The van der Waals surface area contributed by atoms with E-state index in [2.05, 4.69) is 29.5 Å². The van der Waals surface area contributed by atoms with Crippen LogP contribution < -0.4 is 10.6 Å². The van der Waals surface area contributed by atoms with E-state index in [4.69, 9.17) is 0 Å². The maximum absolute atomic E-state index is 12.3. The number of pyridine rings is 1. The smallest absolute Gasteiger partial charge is 0.253 e.